The SMILES string of the molecule is BC(C)(F)C(C)(F)CCS/C(C)=N/C=C(C)C. The lowest BCUT2D eigenvalue weighted by molar-refractivity contribution is 0.0449. The van der Waals surface area contributed by atoms with E-state index in [-0.39, 0.29) is 6.42 Å². The Balaban J connectivity index is 4.17. The first kappa shape index (κ1) is 16.7. The zero-order valence-corrected chi connectivity index (χ0v) is 12.4. The molecule has 2 atom stereocenters. The van der Waals surface area contributed by atoms with Crippen LogP contribution in [0, 0.1) is 0 Å². The van der Waals surface area contributed by atoms with E-state index in [2.05, 4.69) is 4.99 Å². The molecule has 0 aromatic heterocycles. The standard InChI is InChI=1S/C12H22BF2NS/c1-9(2)8-16-10(3)17-7-6-11(4,14)12(5,13)15/h8H,6-7,13H2,1-5H3/b16-10+. The number of nitrogens with zero attached hydrogens (tertiary/aromatic N) is 1. The summed E-state index contributed by atoms with van der Waals surface area (Å²) in [4.78, 5) is 4.21. The molecule has 0 aromatic carbocycles. The summed E-state index contributed by atoms with van der Waals surface area (Å²) < 4.78 is 27.4. The molecular weight excluding hydrogens is 239 g/mol. The van der Waals surface area contributed by atoms with E-state index in [9.17, 15) is 8.78 Å². The molecule has 0 saturated heterocycles. The van der Waals surface area contributed by atoms with Crippen LogP contribution in [0.15, 0.2) is 16.8 Å². The topological polar surface area (TPSA) is 12.4 Å². The summed E-state index contributed by atoms with van der Waals surface area (Å²) in [6, 6.07) is 0. The zero-order valence-electron chi connectivity index (χ0n) is 11.6. The van der Waals surface area contributed by atoms with Crippen LogP contribution in [-0.4, -0.2) is 29.9 Å². The highest BCUT2D eigenvalue weighted by Crippen LogP contribution is 2.31. The first-order chi connectivity index (χ1) is 7.56. The Hall–Kier alpha value is -0.315. The molecule has 0 aromatic rings. The van der Waals surface area contributed by atoms with Crippen LogP contribution in [0.2, 0.25) is 0 Å². The predicted molar refractivity (Wildman–Crippen MR) is 77.2 cm³/mol. The summed E-state index contributed by atoms with van der Waals surface area (Å²) in [7, 11) is 1.28. The van der Waals surface area contributed by atoms with Gasteiger partial charge in [0.1, 0.15) is 11.2 Å². The van der Waals surface area contributed by atoms with Gasteiger partial charge in [0.2, 0.25) is 0 Å². The van der Waals surface area contributed by atoms with Crippen LogP contribution in [0.3, 0.4) is 0 Å². The van der Waals surface area contributed by atoms with Gasteiger partial charge in [0, 0.05) is 12.0 Å². The molecule has 0 heterocycles. The van der Waals surface area contributed by atoms with Crippen LogP contribution >= 0.6 is 11.8 Å². The quantitative estimate of drug-likeness (QED) is 0.419. The number of thioether (sulfide) groups is 1. The number of hydrogen-bond acceptors (Lipinski definition) is 2. The Morgan fingerprint density at radius 2 is 1.82 bits per heavy atom. The van der Waals surface area contributed by atoms with Gasteiger partial charge in [0.15, 0.2) is 7.85 Å². The number of allylic oxidation sites excluding steroid dienone is 1. The molecule has 2 unspecified atom stereocenters. The molecule has 1 nitrogen and oxygen atoms in total. The van der Waals surface area contributed by atoms with Crippen molar-refractivity contribution in [1.82, 2.24) is 0 Å². The molecule has 0 saturated carbocycles. The van der Waals surface area contributed by atoms with E-state index < -0.39 is 11.2 Å². The van der Waals surface area contributed by atoms with Crippen molar-refractivity contribution >= 4 is 24.7 Å². The Morgan fingerprint density at radius 3 is 2.24 bits per heavy atom. The van der Waals surface area contributed by atoms with Crippen molar-refractivity contribution in [2.75, 3.05) is 5.75 Å². The molecule has 0 aliphatic carbocycles. The van der Waals surface area contributed by atoms with Crippen molar-refractivity contribution in [2.45, 2.75) is 52.3 Å². The lowest BCUT2D eigenvalue weighted by Crippen LogP contribution is -2.43. The molecule has 0 aliphatic heterocycles. The first-order valence-corrected chi connectivity index (χ1v) is 6.73. The second-order valence-electron chi connectivity index (χ2n) is 5.12. The Morgan fingerprint density at radius 1 is 1.29 bits per heavy atom. The molecule has 5 heteroatoms. The third kappa shape index (κ3) is 6.87. The van der Waals surface area contributed by atoms with Crippen LogP contribution in [0.25, 0.3) is 0 Å². The maximum Gasteiger partial charge on any atom is 0.154 e. The second-order valence-corrected chi connectivity index (χ2v) is 6.41. The number of rotatable bonds is 5. The largest absolute Gasteiger partial charge is 0.255 e. The molecule has 0 spiro atoms. The molecular formula is C12H22BF2NS. The molecule has 0 bridgehead atoms. The van der Waals surface area contributed by atoms with Gasteiger partial charge in [-0.15, -0.1) is 11.8 Å². The zero-order chi connectivity index (χ0) is 13.7. The highest BCUT2D eigenvalue weighted by molar-refractivity contribution is 8.13. The van der Waals surface area contributed by atoms with Crippen molar-refractivity contribution in [3.63, 3.8) is 0 Å². The summed E-state index contributed by atoms with van der Waals surface area (Å²) in [6.45, 7) is 8.40. The Bertz CT molecular complexity index is 302. The minimum absolute atomic E-state index is 0.183. The van der Waals surface area contributed by atoms with E-state index in [0.29, 0.717) is 5.75 Å². The fraction of sp³-hybridized carbons (Fsp3) is 0.750. The maximum atomic E-state index is 13.9. The van der Waals surface area contributed by atoms with Gasteiger partial charge < -0.3 is 0 Å². The van der Waals surface area contributed by atoms with Gasteiger partial charge in [-0.25, -0.2) is 4.39 Å². The van der Waals surface area contributed by atoms with Gasteiger partial charge in [-0.1, -0.05) is 5.57 Å². The fourth-order valence-electron chi connectivity index (χ4n) is 0.945. The third-order valence-electron chi connectivity index (χ3n) is 2.63. The monoisotopic (exact) mass is 261 g/mol. The summed E-state index contributed by atoms with van der Waals surface area (Å²) in [5.74, 6) is 0.534. The fourth-order valence-corrected chi connectivity index (χ4v) is 1.85. The van der Waals surface area contributed by atoms with Gasteiger partial charge >= 0.3 is 0 Å². The minimum atomic E-state index is -1.81. The van der Waals surface area contributed by atoms with E-state index in [1.807, 2.05) is 20.8 Å². The molecule has 0 fully saturated rings. The van der Waals surface area contributed by atoms with Crippen molar-refractivity contribution in [2.24, 2.45) is 4.99 Å². The third-order valence-corrected chi connectivity index (χ3v) is 3.56. The first-order valence-electron chi connectivity index (χ1n) is 5.74. The maximum absolute atomic E-state index is 13.9. The van der Waals surface area contributed by atoms with Gasteiger partial charge in [-0.2, -0.15) is 0 Å². The van der Waals surface area contributed by atoms with Gasteiger partial charge in [0.25, 0.3) is 0 Å². The van der Waals surface area contributed by atoms with Crippen molar-refractivity contribution in [3.05, 3.63) is 11.8 Å². The molecule has 0 amide bonds. The minimum Gasteiger partial charge on any atom is -0.255 e. The lowest BCUT2D eigenvalue weighted by atomic mass is 9.72. The van der Waals surface area contributed by atoms with Crippen LogP contribution in [0.5, 0.6) is 0 Å². The Kier molecular flexibility index (Phi) is 6.45. The van der Waals surface area contributed by atoms with E-state index in [0.717, 1.165) is 10.6 Å². The average Bonchev–Trinajstić information content (AvgIpc) is 2.12. The lowest BCUT2D eigenvalue weighted by Gasteiger charge is -2.30. The summed E-state index contributed by atoms with van der Waals surface area (Å²) in [5.41, 5.74) is -2.49. The van der Waals surface area contributed by atoms with Gasteiger partial charge in [0.05, 0.1) is 5.04 Å². The second kappa shape index (κ2) is 6.57. The number of aliphatic imine (C=N–C) groups is 1. The molecule has 0 N–H and O–H groups in total. The van der Waals surface area contributed by atoms with Crippen LogP contribution in [0.1, 0.15) is 41.0 Å². The molecule has 0 radical (unpaired) electrons. The van der Waals surface area contributed by atoms with Crippen LogP contribution < -0.4 is 0 Å². The number of alkyl halides is 2. The van der Waals surface area contributed by atoms with E-state index in [1.165, 1.54) is 33.5 Å². The van der Waals surface area contributed by atoms with E-state index in [4.69, 9.17) is 0 Å². The van der Waals surface area contributed by atoms with Crippen LogP contribution in [-0.2, 0) is 0 Å². The highest BCUT2D eigenvalue weighted by Gasteiger charge is 2.41. The predicted octanol–water partition coefficient (Wildman–Crippen LogP) is 3.50. The van der Waals surface area contributed by atoms with Crippen molar-refractivity contribution < 1.29 is 8.78 Å². The van der Waals surface area contributed by atoms with Crippen molar-refractivity contribution in [1.29, 1.82) is 0 Å². The summed E-state index contributed by atoms with van der Waals surface area (Å²) in [5, 5.41) is 0.874. The molecule has 0 aliphatic rings. The normalized spacial score (nSPS) is 19.4. The highest BCUT2D eigenvalue weighted by atomic mass is 32.2. The van der Waals surface area contributed by atoms with Gasteiger partial charge in [-0.05, 0) is 41.0 Å². The molecule has 17 heavy (non-hydrogen) atoms. The number of halogens is 2. The van der Waals surface area contributed by atoms with E-state index in [1.54, 1.807) is 6.20 Å². The smallest absolute Gasteiger partial charge is 0.154 e. The van der Waals surface area contributed by atoms with Crippen molar-refractivity contribution in [3.8, 4) is 0 Å². The molecule has 0 rings (SSSR count). The average molecular weight is 261 g/mol. The summed E-state index contributed by atoms with van der Waals surface area (Å²) >= 11 is 1.46. The molecule has 98 valence electrons. The van der Waals surface area contributed by atoms with Crippen LogP contribution in [0.4, 0.5) is 8.78 Å². The number of hydrogen-bond donors (Lipinski definition) is 0. The summed E-state index contributed by atoms with van der Waals surface area (Å²) in [6.07, 6.45) is 1.96. The van der Waals surface area contributed by atoms with E-state index >= 15 is 0 Å². The van der Waals surface area contributed by atoms with Gasteiger partial charge in [-0.3, -0.25) is 9.38 Å². The Labute approximate surface area is 109 Å².